The third-order valence-corrected chi connectivity index (χ3v) is 2.78. The summed E-state index contributed by atoms with van der Waals surface area (Å²) in [4.78, 5) is 25.1. The number of nitrogens with one attached hydrogen (secondary N) is 1. The molecule has 1 rings (SSSR count). The molecule has 1 heterocycles. The van der Waals surface area contributed by atoms with Gasteiger partial charge < -0.3 is 16.0 Å². The maximum Gasteiger partial charge on any atom is 0.242 e. The Labute approximate surface area is 102 Å². The molecule has 5 nitrogen and oxygen atoms in total. The number of halogens is 1. The van der Waals surface area contributed by atoms with Gasteiger partial charge in [0, 0.05) is 25.6 Å². The van der Waals surface area contributed by atoms with E-state index >= 15 is 0 Å². The van der Waals surface area contributed by atoms with Crippen LogP contribution < -0.4 is 11.1 Å². The van der Waals surface area contributed by atoms with Gasteiger partial charge in [-0.2, -0.15) is 0 Å². The molecule has 1 saturated heterocycles. The summed E-state index contributed by atoms with van der Waals surface area (Å²) in [5.74, 6) is -0.273. The molecule has 0 aliphatic carbocycles. The van der Waals surface area contributed by atoms with Gasteiger partial charge in [-0.1, -0.05) is 13.8 Å². The zero-order valence-corrected chi connectivity index (χ0v) is 10.5. The van der Waals surface area contributed by atoms with Crippen LogP contribution in [0.25, 0.3) is 0 Å². The Bertz CT molecular complexity index is 260. The Hall–Kier alpha value is -0.810. The smallest absolute Gasteiger partial charge is 0.242 e. The molecule has 6 heteroatoms. The van der Waals surface area contributed by atoms with Crippen molar-refractivity contribution < 1.29 is 9.59 Å². The van der Waals surface area contributed by atoms with E-state index in [0.717, 1.165) is 0 Å². The van der Waals surface area contributed by atoms with Gasteiger partial charge in [-0.05, 0) is 6.42 Å². The Morgan fingerprint density at radius 3 is 2.81 bits per heavy atom. The summed E-state index contributed by atoms with van der Waals surface area (Å²) < 4.78 is 0. The zero-order valence-electron chi connectivity index (χ0n) is 9.73. The molecule has 2 unspecified atom stereocenters. The lowest BCUT2D eigenvalue weighted by Crippen LogP contribution is -2.58. The molecule has 0 aromatic rings. The topological polar surface area (TPSA) is 75.4 Å². The molecule has 0 saturated carbocycles. The van der Waals surface area contributed by atoms with Gasteiger partial charge in [0.05, 0.1) is 0 Å². The summed E-state index contributed by atoms with van der Waals surface area (Å²) in [6, 6.07) is -0.319. The fourth-order valence-corrected chi connectivity index (χ4v) is 1.77. The number of piperazine rings is 1. The first-order valence-electron chi connectivity index (χ1n) is 5.40. The summed E-state index contributed by atoms with van der Waals surface area (Å²) >= 11 is 0. The van der Waals surface area contributed by atoms with Gasteiger partial charge in [-0.3, -0.25) is 9.59 Å². The molecule has 1 aliphatic rings. The van der Waals surface area contributed by atoms with E-state index in [1.165, 1.54) is 0 Å². The highest BCUT2D eigenvalue weighted by Crippen LogP contribution is 2.12. The molecule has 2 atom stereocenters. The summed E-state index contributed by atoms with van der Waals surface area (Å²) in [6.07, 6.45) is 0.648. The Balaban J connectivity index is 0.00000225. The van der Waals surface area contributed by atoms with Gasteiger partial charge in [-0.25, -0.2) is 0 Å². The van der Waals surface area contributed by atoms with Crippen LogP contribution in [0.4, 0.5) is 0 Å². The van der Waals surface area contributed by atoms with Crippen LogP contribution in [-0.2, 0) is 9.59 Å². The molecule has 2 amide bonds. The van der Waals surface area contributed by atoms with Crippen molar-refractivity contribution in [1.29, 1.82) is 0 Å². The van der Waals surface area contributed by atoms with E-state index in [1.807, 2.05) is 6.92 Å². The molecule has 16 heavy (non-hydrogen) atoms. The van der Waals surface area contributed by atoms with Crippen molar-refractivity contribution in [1.82, 2.24) is 10.2 Å². The van der Waals surface area contributed by atoms with Crippen molar-refractivity contribution in [2.45, 2.75) is 26.3 Å². The van der Waals surface area contributed by atoms with E-state index in [9.17, 15) is 9.59 Å². The second kappa shape index (κ2) is 6.70. The quantitative estimate of drug-likeness (QED) is 0.724. The van der Waals surface area contributed by atoms with Crippen LogP contribution in [0.15, 0.2) is 0 Å². The van der Waals surface area contributed by atoms with Crippen molar-refractivity contribution in [2.75, 3.05) is 19.6 Å². The van der Waals surface area contributed by atoms with Crippen LogP contribution >= 0.6 is 12.4 Å². The van der Waals surface area contributed by atoms with Crippen molar-refractivity contribution in [3.63, 3.8) is 0 Å². The van der Waals surface area contributed by atoms with Crippen LogP contribution in [-0.4, -0.2) is 42.4 Å². The molecule has 94 valence electrons. The Kier molecular flexibility index (Phi) is 6.36. The van der Waals surface area contributed by atoms with E-state index in [4.69, 9.17) is 5.73 Å². The second-order valence-corrected chi connectivity index (χ2v) is 3.88. The molecule has 1 aliphatic heterocycles. The van der Waals surface area contributed by atoms with E-state index in [-0.39, 0.29) is 36.2 Å². The van der Waals surface area contributed by atoms with E-state index in [2.05, 4.69) is 5.32 Å². The monoisotopic (exact) mass is 249 g/mol. The van der Waals surface area contributed by atoms with Gasteiger partial charge in [0.2, 0.25) is 11.8 Å². The minimum Gasteiger partial charge on any atom is -0.353 e. The average molecular weight is 250 g/mol. The van der Waals surface area contributed by atoms with Gasteiger partial charge in [0.25, 0.3) is 0 Å². The molecule has 3 N–H and O–H groups in total. The van der Waals surface area contributed by atoms with Crippen LogP contribution in [0.5, 0.6) is 0 Å². The average Bonchev–Trinajstić information content (AvgIpc) is 2.26. The van der Waals surface area contributed by atoms with Crippen LogP contribution in [0.3, 0.4) is 0 Å². The minimum atomic E-state index is -0.319. The van der Waals surface area contributed by atoms with E-state index in [0.29, 0.717) is 26.1 Å². The highest BCUT2D eigenvalue weighted by molar-refractivity contribution is 5.89. The van der Waals surface area contributed by atoms with Gasteiger partial charge >= 0.3 is 0 Å². The van der Waals surface area contributed by atoms with Crippen LogP contribution in [0, 0.1) is 5.92 Å². The highest BCUT2D eigenvalue weighted by atomic mass is 35.5. The number of hydrogen-bond acceptors (Lipinski definition) is 3. The summed E-state index contributed by atoms with van der Waals surface area (Å²) in [5.41, 5.74) is 5.45. The van der Waals surface area contributed by atoms with Crippen molar-refractivity contribution in [2.24, 2.45) is 11.7 Å². The summed E-state index contributed by atoms with van der Waals surface area (Å²) in [7, 11) is 0. The van der Waals surface area contributed by atoms with Gasteiger partial charge in [-0.15, -0.1) is 12.4 Å². The first-order valence-corrected chi connectivity index (χ1v) is 5.40. The van der Waals surface area contributed by atoms with E-state index in [1.54, 1.807) is 11.8 Å². The number of carbonyl (C=O) groups excluding carboxylic acids is 2. The number of carbonyl (C=O) groups is 2. The number of nitrogens with zero attached hydrogens (tertiary/aromatic N) is 1. The minimum absolute atomic E-state index is 0. The largest absolute Gasteiger partial charge is 0.353 e. The lowest BCUT2D eigenvalue weighted by molar-refractivity contribution is -0.145. The van der Waals surface area contributed by atoms with Crippen molar-refractivity contribution in [3.05, 3.63) is 0 Å². The third-order valence-electron chi connectivity index (χ3n) is 2.78. The first-order chi connectivity index (χ1) is 7.11. The molecular formula is C10H20ClN3O2. The SMILES string of the molecule is CCC1C(=O)NCCN1C(=O)C(C)CN.Cl. The van der Waals surface area contributed by atoms with Crippen molar-refractivity contribution >= 4 is 24.2 Å². The standard InChI is InChI=1S/C10H19N3O2.ClH/c1-3-8-9(14)12-4-5-13(8)10(15)7(2)6-11;/h7-8H,3-6,11H2,1-2H3,(H,12,14);1H. The van der Waals surface area contributed by atoms with Crippen molar-refractivity contribution in [3.8, 4) is 0 Å². The number of nitrogens with two attached hydrogens (primary N) is 1. The fraction of sp³-hybridized carbons (Fsp3) is 0.800. The number of rotatable bonds is 3. The maximum absolute atomic E-state index is 11.9. The first kappa shape index (κ1) is 15.2. The van der Waals surface area contributed by atoms with E-state index < -0.39 is 0 Å². The number of hydrogen-bond donors (Lipinski definition) is 2. The number of amides is 2. The maximum atomic E-state index is 11.9. The Morgan fingerprint density at radius 1 is 1.69 bits per heavy atom. The molecule has 0 radical (unpaired) electrons. The third kappa shape index (κ3) is 3.09. The van der Waals surface area contributed by atoms with Gasteiger partial charge in [0.1, 0.15) is 6.04 Å². The predicted octanol–water partition coefficient (Wildman–Crippen LogP) is -0.260. The fourth-order valence-electron chi connectivity index (χ4n) is 1.77. The predicted molar refractivity (Wildman–Crippen MR) is 64.3 cm³/mol. The summed E-state index contributed by atoms with van der Waals surface area (Å²) in [6.45, 7) is 5.16. The molecular weight excluding hydrogens is 230 g/mol. The molecule has 1 fully saturated rings. The summed E-state index contributed by atoms with van der Waals surface area (Å²) in [5, 5.41) is 2.76. The molecule has 0 aromatic heterocycles. The van der Waals surface area contributed by atoms with Crippen LogP contribution in [0.2, 0.25) is 0 Å². The Morgan fingerprint density at radius 2 is 2.31 bits per heavy atom. The highest BCUT2D eigenvalue weighted by Gasteiger charge is 2.32. The zero-order chi connectivity index (χ0) is 11.4. The second-order valence-electron chi connectivity index (χ2n) is 3.88. The molecule has 0 spiro atoms. The lowest BCUT2D eigenvalue weighted by atomic mass is 10.1. The molecule has 0 bridgehead atoms. The normalized spacial score (nSPS) is 22.1. The van der Waals surface area contributed by atoms with Crippen LogP contribution in [0.1, 0.15) is 20.3 Å². The lowest BCUT2D eigenvalue weighted by Gasteiger charge is -2.35. The van der Waals surface area contributed by atoms with Gasteiger partial charge in [0.15, 0.2) is 0 Å². The molecule has 0 aromatic carbocycles.